The van der Waals surface area contributed by atoms with Crippen molar-refractivity contribution < 1.29 is 18.0 Å². The maximum Gasteiger partial charge on any atom is 0.418 e. The van der Waals surface area contributed by atoms with Crippen LogP contribution < -0.4 is 5.32 Å². The van der Waals surface area contributed by atoms with E-state index in [-0.39, 0.29) is 5.69 Å². The fourth-order valence-electron chi connectivity index (χ4n) is 2.32. The number of para-hydroxylation sites is 1. The summed E-state index contributed by atoms with van der Waals surface area (Å²) in [6.07, 6.45) is -4.00. The van der Waals surface area contributed by atoms with Crippen LogP contribution in [0.1, 0.15) is 30.4 Å². The van der Waals surface area contributed by atoms with Crippen molar-refractivity contribution in [3.8, 4) is 0 Å². The first-order chi connectivity index (χ1) is 10.4. The van der Waals surface area contributed by atoms with Crippen LogP contribution in [0.25, 0.3) is 0 Å². The van der Waals surface area contributed by atoms with E-state index in [0.29, 0.717) is 6.42 Å². The zero-order valence-electron chi connectivity index (χ0n) is 12.0. The Balaban J connectivity index is 2.25. The quantitative estimate of drug-likeness (QED) is 0.860. The molecule has 0 saturated carbocycles. The average molecular weight is 307 g/mol. The minimum Gasteiger partial charge on any atom is -0.325 e. The molecular formula is C17H16F3NO. The number of hydrogen-bond donors (Lipinski definition) is 1. The number of anilines is 1. The highest BCUT2D eigenvalue weighted by Gasteiger charge is 2.34. The van der Waals surface area contributed by atoms with Gasteiger partial charge in [0.05, 0.1) is 17.2 Å². The minimum absolute atomic E-state index is 0.214. The standard InChI is InChI=1S/C17H16F3NO/c1-2-13(12-8-4-3-5-9-12)16(22)21-15-11-7-6-10-14(15)17(18,19)20/h3-11,13H,2H2,1H3,(H,21,22). The molecule has 0 radical (unpaired) electrons. The van der Waals surface area contributed by atoms with Crippen LogP contribution in [-0.2, 0) is 11.0 Å². The molecule has 116 valence electrons. The van der Waals surface area contributed by atoms with Gasteiger partial charge >= 0.3 is 6.18 Å². The van der Waals surface area contributed by atoms with Gasteiger partial charge in [0.1, 0.15) is 0 Å². The molecule has 0 fully saturated rings. The number of amides is 1. The lowest BCUT2D eigenvalue weighted by Gasteiger charge is -2.18. The van der Waals surface area contributed by atoms with Gasteiger partial charge < -0.3 is 5.32 Å². The summed E-state index contributed by atoms with van der Waals surface area (Å²) in [5, 5.41) is 2.41. The van der Waals surface area contributed by atoms with E-state index in [9.17, 15) is 18.0 Å². The molecule has 0 heterocycles. The van der Waals surface area contributed by atoms with Gasteiger partial charge in [-0.15, -0.1) is 0 Å². The third-order valence-electron chi connectivity index (χ3n) is 3.42. The maximum absolute atomic E-state index is 13.0. The van der Waals surface area contributed by atoms with Crippen molar-refractivity contribution in [1.82, 2.24) is 0 Å². The van der Waals surface area contributed by atoms with Crippen molar-refractivity contribution in [2.24, 2.45) is 0 Å². The van der Waals surface area contributed by atoms with Gasteiger partial charge in [-0.1, -0.05) is 49.4 Å². The number of hydrogen-bond acceptors (Lipinski definition) is 1. The molecule has 2 rings (SSSR count). The number of rotatable bonds is 4. The Bertz CT molecular complexity index is 638. The first-order valence-electron chi connectivity index (χ1n) is 6.95. The largest absolute Gasteiger partial charge is 0.418 e. The van der Waals surface area contributed by atoms with E-state index in [1.807, 2.05) is 13.0 Å². The minimum atomic E-state index is -4.50. The number of carbonyl (C=O) groups excluding carboxylic acids is 1. The fourth-order valence-corrected chi connectivity index (χ4v) is 2.32. The van der Waals surface area contributed by atoms with Crippen LogP contribution in [0.5, 0.6) is 0 Å². The van der Waals surface area contributed by atoms with E-state index in [4.69, 9.17) is 0 Å². The molecule has 2 nitrogen and oxygen atoms in total. The topological polar surface area (TPSA) is 29.1 Å². The molecule has 0 aliphatic rings. The summed E-state index contributed by atoms with van der Waals surface area (Å²) in [5.74, 6) is -0.923. The number of benzene rings is 2. The van der Waals surface area contributed by atoms with Crippen molar-refractivity contribution in [2.75, 3.05) is 5.32 Å². The lowest BCUT2D eigenvalue weighted by molar-refractivity contribution is -0.137. The summed E-state index contributed by atoms with van der Waals surface area (Å²) in [6, 6.07) is 14.0. The van der Waals surface area contributed by atoms with E-state index in [1.54, 1.807) is 24.3 Å². The van der Waals surface area contributed by atoms with Gasteiger partial charge in [0.15, 0.2) is 0 Å². The lowest BCUT2D eigenvalue weighted by atomic mass is 9.95. The third-order valence-corrected chi connectivity index (χ3v) is 3.42. The Morgan fingerprint density at radius 3 is 2.23 bits per heavy atom. The van der Waals surface area contributed by atoms with Crippen LogP contribution in [0.3, 0.4) is 0 Å². The first-order valence-corrected chi connectivity index (χ1v) is 6.95. The molecule has 0 aliphatic heterocycles. The van der Waals surface area contributed by atoms with Gasteiger partial charge in [0, 0.05) is 0 Å². The second-order valence-corrected chi connectivity index (χ2v) is 4.90. The van der Waals surface area contributed by atoms with Gasteiger partial charge in [-0.05, 0) is 24.1 Å². The molecule has 0 saturated heterocycles. The van der Waals surface area contributed by atoms with Gasteiger partial charge in [0.2, 0.25) is 5.91 Å². The predicted molar refractivity (Wildman–Crippen MR) is 79.5 cm³/mol. The number of nitrogens with one attached hydrogen (secondary N) is 1. The van der Waals surface area contributed by atoms with Crippen LogP contribution in [0.4, 0.5) is 18.9 Å². The predicted octanol–water partition coefficient (Wildman–Crippen LogP) is 4.84. The van der Waals surface area contributed by atoms with E-state index in [0.717, 1.165) is 11.6 Å². The number of halogens is 3. The highest BCUT2D eigenvalue weighted by Crippen LogP contribution is 2.35. The van der Waals surface area contributed by atoms with Crippen molar-refractivity contribution in [3.63, 3.8) is 0 Å². The van der Waals surface area contributed by atoms with Crippen LogP contribution >= 0.6 is 0 Å². The van der Waals surface area contributed by atoms with E-state index in [2.05, 4.69) is 5.32 Å². The van der Waals surface area contributed by atoms with Crippen LogP contribution in [0, 0.1) is 0 Å². The molecule has 0 bridgehead atoms. The zero-order valence-corrected chi connectivity index (χ0v) is 12.0. The van der Waals surface area contributed by atoms with E-state index >= 15 is 0 Å². The SMILES string of the molecule is CCC(C(=O)Nc1ccccc1C(F)(F)F)c1ccccc1. The average Bonchev–Trinajstić information content (AvgIpc) is 2.48. The molecule has 1 unspecified atom stereocenters. The highest BCUT2D eigenvalue weighted by atomic mass is 19.4. The summed E-state index contributed by atoms with van der Waals surface area (Å²) in [5.41, 5.74) is -0.271. The van der Waals surface area contributed by atoms with Crippen molar-refractivity contribution in [1.29, 1.82) is 0 Å². The van der Waals surface area contributed by atoms with Crippen LogP contribution in [-0.4, -0.2) is 5.91 Å². The second-order valence-electron chi connectivity index (χ2n) is 4.90. The van der Waals surface area contributed by atoms with Crippen molar-refractivity contribution in [3.05, 3.63) is 65.7 Å². The Morgan fingerprint density at radius 1 is 1.05 bits per heavy atom. The molecule has 0 aliphatic carbocycles. The molecule has 2 aromatic rings. The Labute approximate surface area is 127 Å². The summed E-state index contributed by atoms with van der Waals surface area (Å²) in [4.78, 5) is 12.3. The van der Waals surface area contributed by atoms with Crippen LogP contribution in [0.15, 0.2) is 54.6 Å². The summed E-state index contributed by atoms with van der Waals surface area (Å²) in [7, 11) is 0. The molecule has 1 atom stereocenters. The summed E-state index contributed by atoms with van der Waals surface area (Å²) < 4.78 is 38.9. The van der Waals surface area contributed by atoms with Gasteiger partial charge in [-0.25, -0.2) is 0 Å². The van der Waals surface area contributed by atoms with Gasteiger partial charge in [0.25, 0.3) is 0 Å². The highest BCUT2D eigenvalue weighted by molar-refractivity contribution is 5.96. The molecule has 22 heavy (non-hydrogen) atoms. The zero-order chi connectivity index (χ0) is 16.2. The molecule has 2 aromatic carbocycles. The molecule has 1 N–H and O–H groups in total. The van der Waals surface area contributed by atoms with Crippen LogP contribution in [0.2, 0.25) is 0 Å². The Kier molecular flexibility index (Phi) is 4.85. The molecule has 0 spiro atoms. The van der Waals surface area contributed by atoms with E-state index < -0.39 is 23.6 Å². The summed E-state index contributed by atoms with van der Waals surface area (Å²) in [6.45, 7) is 1.83. The molecule has 0 aromatic heterocycles. The summed E-state index contributed by atoms with van der Waals surface area (Å²) >= 11 is 0. The van der Waals surface area contributed by atoms with Gasteiger partial charge in [-0.3, -0.25) is 4.79 Å². The maximum atomic E-state index is 13.0. The lowest BCUT2D eigenvalue weighted by Crippen LogP contribution is -2.22. The molecular weight excluding hydrogens is 291 g/mol. The number of carbonyl (C=O) groups is 1. The fraction of sp³-hybridized carbons (Fsp3) is 0.235. The molecule has 1 amide bonds. The smallest absolute Gasteiger partial charge is 0.325 e. The monoisotopic (exact) mass is 307 g/mol. The van der Waals surface area contributed by atoms with Gasteiger partial charge in [-0.2, -0.15) is 13.2 Å². The Morgan fingerprint density at radius 2 is 1.64 bits per heavy atom. The second kappa shape index (κ2) is 6.64. The van der Waals surface area contributed by atoms with E-state index in [1.165, 1.54) is 18.2 Å². The normalized spacial score (nSPS) is 12.7. The third kappa shape index (κ3) is 3.67. The Hall–Kier alpha value is -2.30. The van der Waals surface area contributed by atoms with Crippen molar-refractivity contribution in [2.45, 2.75) is 25.4 Å². The number of alkyl halides is 3. The van der Waals surface area contributed by atoms with Crippen molar-refractivity contribution >= 4 is 11.6 Å². The first kappa shape index (κ1) is 16.1. The molecule has 5 heteroatoms.